The third-order valence-electron chi connectivity index (χ3n) is 4.87. The van der Waals surface area contributed by atoms with Crippen molar-refractivity contribution in [1.82, 2.24) is 4.98 Å². The largest absolute Gasteiger partial charge is 0.361 e. The van der Waals surface area contributed by atoms with Crippen LogP contribution in [0.25, 0.3) is 22.0 Å². The summed E-state index contributed by atoms with van der Waals surface area (Å²) in [6.07, 6.45) is 9.03. The summed E-state index contributed by atoms with van der Waals surface area (Å²) >= 11 is 0. The van der Waals surface area contributed by atoms with Gasteiger partial charge in [0.15, 0.2) is 0 Å². The predicted molar refractivity (Wildman–Crippen MR) is 89.6 cm³/mol. The molecule has 1 N–H and O–H groups in total. The van der Waals surface area contributed by atoms with Gasteiger partial charge in [-0.1, -0.05) is 61.7 Å². The summed E-state index contributed by atoms with van der Waals surface area (Å²) in [5.41, 5.74) is 5.49. The van der Waals surface area contributed by atoms with E-state index in [1.54, 1.807) is 5.56 Å². The smallest absolute Gasteiger partial charge is 0.0463 e. The van der Waals surface area contributed by atoms with Gasteiger partial charge in [0.2, 0.25) is 0 Å². The number of aromatic amines is 1. The zero-order valence-corrected chi connectivity index (χ0v) is 12.3. The average molecular weight is 275 g/mol. The van der Waals surface area contributed by atoms with Crippen LogP contribution in [0, 0.1) is 0 Å². The van der Waals surface area contributed by atoms with Crippen LogP contribution in [0.3, 0.4) is 0 Å². The highest BCUT2D eigenvalue weighted by Crippen LogP contribution is 2.40. The van der Waals surface area contributed by atoms with Gasteiger partial charge in [0.1, 0.15) is 0 Å². The Morgan fingerprint density at radius 1 is 0.810 bits per heavy atom. The number of aromatic nitrogens is 1. The molecule has 1 aliphatic rings. The van der Waals surface area contributed by atoms with Crippen molar-refractivity contribution in [1.29, 1.82) is 0 Å². The van der Waals surface area contributed by atoms with Crippen LogP contribution in [0.1, 0.15) is 43.6 Å². The summed E-state index contributed by atoms with van der Waals surface area (Å²) in [6, 6.07) is 17.5. The van der Waals surface area contributed by atoms with Crippen molar-refractivity contribution in [3.05, 3.63) is 60.3 Å². The highest BCUT2D eigenvalue weighted by atomic mass is 14.7. The van der Waals surface area contributed by atoms with Gasteiger partial charge < -0.3 is 4.98 Å². The number of nitrogens with one attached hydrogen (secondary N) is 1. The normalized spacial score (nSPS) is 16.4. The Hall–Kier alpha value is -2.02. The lowest BCUT2D eigenvalue weighted by Gasteiger charge is -2.23. The van der Waals surface area contributed by atoms with Crippen molar-refractivity contribution in [2.45, 2.75) is 38.0 Å². The summed E-state index contributed by atoms with van der Waals surface area (Å²) in [4.78, 5) is 3.47. The number of rotatable bonds is 2. The Morgan fingerprint density at radius 3 is 2.43 bits per heavy atom. The van der Waals surface area contributed by atoms with Gasteiger partial charge in [0.05, 0.1) is 0 Å². The molecule has 1 saturated carbocycles. The van der Waals surface area contributed by atoms with Crippen LogP contribution in [0.4, 0.5) is 0 Å². The van der Waals surface area contributed by atoms with Crippen molar-refractivity contribution >= 4 is 10.9 Å². The molecular formula is C20H21N. The van der Waals surface area contributed by atoms with Gasteiger partial charge in [0, 0.05) is 22.7 Å². The van der Waals surface area contributed by atoms with E-state index in [4.69, 9.17) is 0 Å². The van der Waals surface area contributed by atoms with Gasteiger partial charge in [-0.2, -0.15) is 0 Å². The van der Waals surface area contributed by atoms with Crippen LogP contribution in [-0.4, -0.2) is 4.98 Å². The maximum absolute atomic E-state index is 3.47. The molecule has 1 heteroatoms. The summed E-state index contributed by atoms with van der Waals surface area (Å²) in [5, 5.41) is 1.44. The van der Waals surface area contributed by atoms with Gasteiger partial charge in [-0.15, -0.1) is 0 Å². The molecule has 1 aliphatic carbocycles. The molecule has 0 aliphatic heterocycles. The fourth-order valence-electron chi connectivity index (χ4n) is 3.81. The molecule has 0 saturated heterocycles. The first-order valence-electron chi connectivity index (χ1n) is 8.09. The minimum atomic E-state index is 0.737. The van der Waals surface area contributed by atoms with Crippen LogP contribution in [0.15, 0.2) is 54.7 Å². The molecule has 21 heavy (non-hydrogen) atoms. The molecule has 0 radical (unpaired) electrons. The van der Waals surface area contributed by atoms with Crippen molar-refractivity contribution in [2.24, 2.45) is 0 Å². The van der Waals surface area contributed by atoms with Crippen LogP contribution >= 0.6 is 0 Å². The maximum atomic E-state index is 3.47. The second-order valence-electron chi connectivity index (χ2n) is 6.17. The molecule has 106 valence electrons. The number of H-pyrrole nitrogens is 1. The second-order valence-corrected chi connectivity index (χ2v) is 6.17. The molecule has 3 aromatic rings. The Kier molecular flexibility index (Phi) is 3.27. The van der Waals surface area contributed by atoms with E-state index in [-0.39, 0.29) is 0 Å². The fourth-order valence-corrected chi connectivity index (χ4v) is 3.81. The molecule has 0 atom stereocenters. The molecule has 0 amide bonds. The van der Waals surface area contributed by atoms with E-state index in [9.17, 15) is 0 Å². The van der Waals surface area contributed by atoms with Crippen molar-refractivity contribution in [3.63, 3.8) is 0 Å². The third-order valence-corrected chi connectivity index (χ3v) is 4.87. The zero-order valence-electron chi connectivity index (χ0n) is 12.3. The first-order chi connectivity index (χ1) is 10.4. The standard InChI is InChI=1S/C20H21N/c1-3-8-15(9-4-1)17-12-7-13-19-20(17)18(14-21-19)16-10-5-2-6-11-16/h2,5-7,10-15,21H,1,3-4,8-9H2. The topological polar surface area (TPSA) is 15.8 Å². The maximum Gasteiger partial charge on any atom is 0.0463 e. The van der Waals surface area contributed by atoms with Gasteiger partial charge in [0.25, 0.3) is 0 Å². The molecule has 1 fully saturated rings. The Balaban J connectivity index is 1.89. The predicted octanol–water partition coefficient (Wildman–Crippen LogP) is 5.88. The van der Waals surface area contributed by atoms with Crippen LogP contribution in [-0.2, 0) is 0 Å². The van der Waals surface area contributed by atoms with Crippen LogP contribution in [0.2, 0.25) is 0 Å². The Morgan fingerprint density at radius 2 is 1.62 bits per heavy atom. The molecule has 1 aromatic heterocycles. The summed E-state index contributed by atoms with van der Waals surface area (Å²) in [5.74, 6) is 0.737. The quantitative estimate of drug-likeness (QED) is 0.601. The summed E-state index contributed by atoms with van der Waals surface area (Å²) in [6.45, 7) is 0. The first-order valence-corrected chi connectivity index (χ1v) is 8.09. The zero-order chi connectivity index (χ0) is 14.1. The minimum Gasteiger partial charge on any atom is -0.361 e. The summed E-state index contributed by atoms with van der Waals surface area (Å²) in [7, 11) is 0. The number of hydrogen-bond donors (Lipinski definition) is 1. The second kappa shape index (κ2) is 5.40. The highest BCUT2D eigenvalue weighted by molar-refractivity contribution is 5.98. The van der Waals surface area contributed by atoms with E-state index in [2.05, 4.69) is 59.7 Å². The van der Waals surface area contributed by atoms with Gasteiger partial charge >= 0.3 is 0 Å². The van der Waals surface area contributed by atoms with Gasteiger partial charge in [-0.3, -0.25) is 0 Å². The van der Waals surface area contributed by atoms with Crippen LogP contribution < -0.4 is 0 Å². The van der Waals surface area contributed by atoms with E-state index >= 15 is 0 Å². The number of hydrogen-bond acceptors (Lipinski definition) is 0. The van der Waals surface area contributed by atoms with Gasteiger partial charge in [-0.05, 0) is 36.0 Å². The third kappa shape index (κ3) is 2.27. The lowest BCUT2D eigenvalue weighted by Crippen LogP contribution is -2.04. The summed E-state index contributed by atoms with van der Waals surface area (Å²) < 4.78 is 0. The lowest BCUT2D eigenvalue weighted by atomic mass is 9.82. The molecule has 2 aromatic carbocycles. The molecule has 0 bridgehead atoms. The van der Waals surface area contributed by atoms with E-state index in [1.165, 1.54) is 54.1 Å². The Labute approximate surface area is 126 Å². The van der Waals surface area contributed by atoms with E-state index in [1.807, 2.05) is 0 Å². The SMILES string of the molecule is c1ccc(-c2c[nH]c3cccc(C4CCCCC4)c23)cc1. The van der Waals surface area contributed by atoms with Crippen molar-refractivity contribution in [2.75, 3.05) is 0 Å². The highest BCUT2D eigenvalue weighted by Gasteiger charge is 2.20. The lowest BCUT2D eigenvalue weighted by molar-refractivity contribution is 0.445. The molecule has 0 spiro atoms. The van der Waals surface area contributed by atoms with Gasteiger partial charge in [-0.25, -0.2) is 0 Å². The molecule has 1 nitrogen and oxygen atoms in total. The fraction of sp³-hybridized carbons (Fsp3) is 0.300. The minimum absolute atomic E-state index is 0.737. The molecule has 0 unspecified atom stereocenters. The van der Waals surface area contributed by atoms with E-state index in [0.29, 0.717) is 0 Å². The molecular weight excluding hydrogens is 254 g/mol. The Bertz CT molecular complexity index is 733. The molecule has 4 rings (SSSR count). The van der Waals surface area contributed by atoms with E-state index in [0.717, 1.165) is 5.92 Å². The van der Waals surface area contributed by atoms with E-state index < -0.39 is 0 Å². The number of fused-ring (bicyclic) bond motifs is 1. The average Bonchev–Trinajstić information content (AvgIpc) is 3.00. The van der Waals surface area contributed by atoms with Crippen LogP contribution in [0.5, 0.6) is 0 Å². The number of benzene rings is 2. The monoisotopic (exact) mass is 275 g/mol. The molecule has 1 heterocycles. The van der Waals surface area contributed by atoms with Crippen molar-refractivity contribution in [3.8, 4) is 11.1 Å². The first kappa shape index (κ1) is 12.7. The van der Waals surface area contributed by atoms with Crippen molar-refractivity contribution < 1.29 is 0 Å².